The summed E-state index contributed by atoms with van der Waals surface area (Å²) >= 11 is 0. The topological polar surface area (TPSA) is 37.4 Å². The number of hydrogen-bond donors (Lipinski definition) is 1. The summed E-state index contributed by atoms with van der Waals surface area (Å²) in [7, 11) is 1.94. The van der Waals surface area contributed by atoms with Crippen molar-refractivity contribution in [1.29, 1.82) is 0 Å². The van der Waals surface area contributed by atoms with Crippen molar-refractivity contribution in [3.63, 3.8) is 0 Å². The van der Waals surface area contributed by atoms with Crippen LogP contribution in [0.15, 0.2) is 18.3 Å². The molecule has 2 rings (SSSR count). The van der Waals surface area contributed by atoms with E-state index in [1.165, 1.54) is 31.5 Å². The Morgan fingerprint density at radius 2 is 2.17 bits per heavy atom. The number of ether oxygens (including phenoxy) is 1. The third-order valence-corrected chi connectivity index (χ3v) is 3.27. The minimum atomic E-state index is 0.619. The number of aromatic nitrogens is 1. The van der Waals surface area contributed by atoms with E-state index < -0.39 is 0 Å². The van der Waals surface area contributed by atoms with Crippen LogP contribution in [-0.4, -0.2) is 43.2 Å². The number of pyridine rings is 1. The van der Waals surface area contributed by atoms with Crippen LogP contribution in [0.25, 0.3) is 0 Å². The first-order chi connectivity index (χ1) is 8.88. The van der Waals surface area contributed by atoms with Gasteiger partial charge in [-0.05, 0) is 44.6 Å². The molecule has 0 saturated carbocycles. The van der Waals surface area contributed by atoms with Crippen molar-refractivity contribution in [2.75, 3.05) is 33.3 Å². The van der Waals surface area contributed by atoms with E-state index >= 15 is 0 Å². The predicted octanol–water partition coefficient (Wildman–Crippen LogP) is 1.41. The number of nitrogens with one attached hydrogen (secondary N) is 1. The van der Waals surface area contributed by atoms with Crippen LogP contribution in [-0.2, 0) is 17.9 Å². The second-order valence-corrected chi connectivity index (χ2v) is 4.79. The zero-order valence-electron chi connectivity index (χ0n) is 11.2. The number of likely N-dealkylation sites (tertiary alicyclic amines) is 1. The van der Waals surface area contributed by atoms with Gasteiger partial charge in [0.05, 0.1) is 18.9 Å². The van der Waals surface area contributed by atoms with E-state index in [0.717, 1.165) is 25.4 Å². The third kappa shape index (κ3) is 4.37. The zero-order valence-corrected chi connectivity index (χ0v) is 11.2. The Morgan fingerprint density at radius 3 is 2.83 bits per heavy atom. The number of nitrogens with zero attached hydrogens (tertiary/aromatic N) is 2. The molecule has 0 aliphatic carbocycles. The number of rotatable bonds is 7. The van der Waals surface area contributed by atoms with E-state index in [-0.39, 0.29) is 0 Å². The lowest BCUT2D eigenvalue weighted by molar-refractivity contribution is 0.0971. The van der Waals surface area contributed by atoms with Gasteiger partial charge in [-0.1, -0.05) is 6.07 Å². The van der Waals surface area contributed by atoms with E-state index in [2.05, 4.69) is 21.3 Å². The van der Waals surface area contributed by atoms with Crippen LogP contribution >= 0.6 is 0 Å². The van der Waals surface area contributed by atoms with Crippen LogP contribution in [0.3, 0.4) is 0 Å². The summed E-state index contributed by atoms with van der Waals surface area (Å²) in [5.41, 5.74) is 2.22. The molecular weight excluding hydrogens is 226 g/mol. The molecule has 1 aliphatic heterocycles. The second-order valence-electron chi connectivity index (χ2n) is 4.79. The van der Waals surface area contributed by atoms with Gasteiger partial charge in [-0.25, -0.2) is 0 Å². The summed E-state index contributed by atoms with van der Waals surface area (Å²) in [4.78, 5) is 6.85. The van der Waals surface area contributed by atoms with Gasteiger partial charge in [-0.3, -0.25) is 4.98 Å². The van der Waals surface area contributed by atoms with Gasteiger partial charge in [0.1, 0.15) is 0 Å². The summed E-state index contributed by atoms with van der Waals surface area (Å²) in [6, 6.07) is 4.14. The Hall–Kier alpha value is -0.970. The lowest BCUT2D eigenvalue weighted by Gasteiger charge is -2.14. The van der Waals surface area contributed by atoms with E-state index in [4.69, 9.17) is 4.74 Å². The molecule has 100 valence electrons. The molecule has 1 aliphatic rings. The highest BCUT2D eigenvalue weighted by Crippen LogP contribution is 2.06. The summed E-state index contributed by atoms with van der Waals surface area (Å²) in [5, 5.41) is 3.11. The fraction of sp³-hybridized carbons (Fsp3) is 0.643. The Kier molecular flexibility index (Phi) is 5.58. The van der Waals surface area contributed by atoms with E-state index in [0.29, 0.717) is 6.61 Å². The molecule has 18 heavy (non-hydrogen) atoms. The molecule has 4 heteroatoms. The van der Waals surface area contributed by atoms with Crippen LogP contribution in [0.4, 0.5) is 0 Å². The maximum Gasteiger partial charge on any atom is 0.0888 e. The molecule has 1 N–H and O–H groups in total. The first kappa shape index (κ1) is 13.5. The molecule has 0 spiro atoms. The lowest BCUT2D eigenvalue weighted by Crippen LogP contribution is -2.24. The molecule has 0 bridgehead atoms. The maximum absolute atomic E-state index is 5.66. The number of hydrogen-bond acceptors (Lipinski definition) is 4. The summed E-state index contributed by atoms with van der Waals surface area (Å²) in [5.74, 6) is 0. The first-order valence-electron chi connectivity index (χ1n) is 6.77. The van der Waals surface area contributed by atoms with Crippen molar-refractivity contribution < 1.29 is 4.74 Å². The highest BCUT2D eigenvalue weighted by atomic mass is 16.5. The second kappa shape index (κ2) is 7.46. The third-order valence-electron chi connectivity index (χ3n) is 3.27. The molecule has 0 amide bonds. The summed E-state index contributed by atoms with van der Waals surface area (Å²) < 4.78 is 5.66. The fourth-order valence-electron chi connectivity index (χ4n) is 2.23. The Balaban J connectivity index is 1.63. The van der Waals surface area contributed by atoms with E-state index in [9.17, 15) is 0 Å². The van der Waals surface area contributed by atoms with Gasteiger partial charge in [0.2, 0.25) is 0 Å². The van der Waals surface area contributed by atoms with Crippen molar-refractivity contribution in [2.45, 2.75) is 26.0 Å². The smallest absolute Gasteiger partial charge is 0.0888 e. The van der Waals surface area contributed by atoms with Crippen molar-refractivity contribution in [3.8, 4) is 0 Å². The summed E-state index contributed by atoms with van der Waals surface area (Å²) in [6.45, 7) is 5.81. The van der Waals surface area contributed by atoms with Gasteiger partial charge in [0.25, 0.3) is 0 Å². The Morgan fingerprint density at radius 1 is 1.33 bits per heavy atom. The van der Waals surface area contributed by atoms with Crippen LogP contribution < -0.4 is 5.32 Å². The van der Waals surface area contributed by atoms with Crippen LogP contribution in [0, 0.1) is 0 Å². The minimum Gasteiger partial charge on any atom is -0.374 e. The van der Waals surface area contributed by atoms with Gasteiger partial charge in [-0.15, -0.1) is 0 Å². The van der Waals surface area contributed by atoms with Crippen LogP contribution in [0.5, 0.6) is 0 Å². The lowest BCUT2D eigenvalue weighted by atomic mass is 10.2. The van der Waals surface area contributed by atoms with Crippen LogP contribution in [0.1, 0.15) is 24.1 Å². The average Bonchev–Trinajstić information content (AvgIpc) is 2.90. The highest BCUT2D eigenvalue weighted by molar-refractivity contribution is 5.13. The summed E-state index contributed by atoms with van der Waals surface area (Å²) in [6.07, 6.45) is 4.60. The molecule has 1 saturated heterocycles. The SMILES string of the molecule is CNCc1ccc(COCCN2CCCC2)nc1. The van der Waals surface area contributed by atoms with E-state index in [1.54, 1.807) is 0 Å². The molecule has 4 nitrogen and oxygen atoms in total. The van der Waals surface area contributed by atoms with Gasteiger partial charge in [-0.2, -0.15) is 0 Å². The maximum atomic E-state index is 5.66. The van der Waals surface area contributed by atoms with Crippen molar-refractivity contribution in [2.24, 2.45) is 0 Å². The zero-order chi connectivity index (χ0) is 12.6. The van der Waals surface area contributed by atoms with Gasteiger partial charge >= 0.3 is 0 Å². The molecule has 1 aromatic heterocycles. The molecular formula is C14H23N3O. The van der Waals surface area contributed by atoms with Crippen molar-refractivity contribution >= 4 is 0 Å². The normalized spacial score (nSPS) is 16.3. The largest absolute Gasteiger partial charge is 0.374 e. The minimum absolute atomic E-state index is 0.619. The average molecular weight is 249 g/mol. The Labute approximate surface area is 109 Å². The molecule has 0 atom stereocenters. The van der Waals surface area contributed by atoms with Gasteiger partial charge in [0, 0.05) is 19.3 Å². The quantitative estimate of drug-likeness (QED) is 0.742. The molecule has 0 radical (unpaired) electrons. The van der Waals surface area contributed by atoms with Gasteiger partial charge < -0.3 is 15.0 Å². The molecule has 1 aromatic rings. The molecule has 0 aromatic carbocycles. The standard InChI is InChI=1S/C14H23N3O/c1-15-10-13-4-5-14(16-11-13)12-18-9-8-17-6-2-3-7-17/h4-5,11,15H,2-3,6-10,12H2,1H3. The molecule has 1 fully saturated rings. The van der Waals surface area contributed by atoms with Crippen molar-refractivity contribution in [3.05, 3.63) is 29.6 Å². The monoisotopic (exact) mass is 249 g/mol. The molecule has 0 unspecified atom stereocenters. The molecule has 2 heterocycles. The predicted molar refractivity (Wildman–Crippen MR) is 72.3 cm³/mol. The van der Waals surface area contributed by atoms with Crippen molar-refractivity contribution in [1.82, 2.24) is 15.2 Å². The first-order valence-corrected chi connectivity index (χ1v) is 6.77. The van der Waals surface area contributed by atoms with Crippen LogP contribution in [0.2, 0.25) is 0 Å². The van der Waals surface area contributed by atoms with Gasteiger partial charge in [0.15, 0.2) is 0 Å². The van der Waals surface area contributed by atoms with E-state index in [1.807, 2.05) is 19.3 Å². The fourth-order valence-corrected chi connectivity index (χ4v) is 2.23. The highest BCUT2D eigenvalue weighted by Gasteiger charge is 2.10. The Bertz CT molecular complexity index is 333.